The standard InChI is InChI=1S/C12H19NO3S/c1-8(2)9(3)11-6-13(5)17(15,16)7-12(11)10(4)14/h8H,3,6-7H2,1-2,4-5H3. The van der Waals surface area contributed by atoms with E-state index in [0.29, 0.717) is 5.57 Å². The van der Waals surface area contributed by atoms with Crippen LogP contribution in [0.4, 0.5) is 0 Å². The van der Waals surface area contributed by atoms with Crippen LogP contribution in [0.2, 0.25) is 0 Å². The molecule has 0 bridgehead atoms. The molecule has 0 N–H and O–H groups in total. The van der Waals surface area contributed by atoms with Gasteiger partial charge in [0.1, 0.15) is 0 Å². The number of ketones is 1. The highest BCUT2D eigenvalue weighted by Crippen LogP contribution is 2.27. The number of nitrogens with zero attached hydrogens (tertiary/aromatic N) is 1. The first-order valence-electron chi connectivity index (χ1n) is 5.53. The number of carbonyl (C=O) groups excluding carboxylic acids is 1. The van der Waals surface area contributed by atoms with Crippen molar-refractivity contribution in [2.45, 2.75) is 20.8 Å². The minimum absolute atomic E-state index is 0.182. The average Bonchev–Trinajstić information content (AvgIpc) is 2.19. The summed E-state index contributed by atoms with van der Waals surface area (Å²) in [6.07, 6.45) is 0. The second-order valence-electron chi connectivity index (χ2n) is 4.71. The fraction of sp³-hybridized carbons (Fsp3) is 0.583. The van der Waals surface area contributed by atoms with Crippen LogP contribution in [0.5, 0.6) is 0 Å². The predicted molar refractivity (Wildman–Crippen MR) is 68.1 cm³/mol. The Hall–Kier alpha value is -0.940. The van der Waals surface area contributed by atoms with Crippen LogP contribution in [0.15, 0.2) is 23.3 Å². The number of hydrogen-bond acceptors (Lipinski definition) is 3. The maximum atomic E-state index is 11.7. The summed E-state index contributed by atoms with van der Waals surface area (Å²) < 4.78 is 24.8. The zero-order valence-electron chi connectivity index (χ0n) is 10.8. The molecule has 1 aliphatic rings. The van der Waals surface area contributed by atoms with Crippen molar-refractivity contribution in [2.75, 3.05) is 19.3 Å². The SMILES string of the molecule is C=C(C1=C(C(C)=O)CS(=O)(=O)N(C)C1)C(C)C. The van der Waals surface area contributed by atoms with Crippen LogP contribution in [0, 0.1) is 5.92 Å². The highest BCUT2D eigenvalue weighted by molar-refractivity contribution is 7.89. The Bertz CT molecular complexity index is 486. The maximum absolute atomic E-state index is 11.7. The Morgan fingerprint density at radius 1 is 1.35 bits per heavy atom. The van der Waals surface area contributed by atoms with Gasteiger partial charge < -0.3 is 0 Å². The molecular formula is C12H19NO3S. The Labute approximate surface area is 103 Å². The third-order valence-electron chi connectivity index (χ3n) is 3.06. The lowest BCUT2D eigenvalue weighted by Gasteiger charge is -2.28. The quantitative estimate of drug-likeness (QED) is 0.767. The van der Waals surface area contributed by atoms with Crippen molar-refractivity contribution in [1.82, 2.24) is 4.31 Å². The van der Waals surface area contributed by atoms with Gasteiger partial charge in [-0.15, -0.1) is 0 Å². The largest absolute Gasteiger partial charge is 0.295 e. The minimum Gasteiger partial charge on any atom is -0.295 e. The zero-order chi connectivity index (χ0) is 13.4. The van der Waals surface area contributed by atoms with Gasteiger partial charge >= 0.3 is 0 Å². The molecule has 5 heteroatoms. The Balaban J connectivity index is 3.30. The van der Waals surface area contributed by atoms with Gasteiger partial charge in [0.15, 0.2) is 5.78 Å². The van der Waals surface area contributed by atoms with Gasteiger partial charge in [0, 0.05) is 19.2 Å². The highest BCUT2D eigenvalue weighted by Gasteiger charge is 2.31. The van der Waals surface area contributed by atoms with Gasteiger partial charge in [-0.2, -0.15) is 0 Å². The van der Waals surface area contributed by atoms with E-state index in [1.165, 1.54) is 18.3 Å². The summed E-state index contributed by atoms with van der Waals surface area (Å²) in [6, 6.07) is 0. The maximum Gasteiger partial charge on any atom is 0.218 e. The number of sulfonamides is 1. The van der Waals surface area contributed by atoms with Crippen molar-refractivity contribution in [2.24, 2.45) is 5.92 Å². The lowest BCUT2D eigenvalue weighted by atomic mass is 9.92. The van der Waals surface area contributed by atoms with Crippen molar-refractivity contribution in [3.05, 3.63) is 23.3 Å². The molecule has 0 radical (unpaired) electrons. The molecule has 1 heterocycles. The molecule has 96 valence electrons. The molecule has 0 aromatic rings. The van der Waals surface area contributed by atoms with Crippen molar-refractivity contribution in [3.63, 3.8) is 0 Å². The smallest absolute Gasteiger partial charge is 0.218 e. The first-order chi connectivity index (χ1) is 7.66. The van der Waals surface area contributed by atoms with Gasteiger partial charge in [0.25, 0.3) is 0 Å². The summed E-state index contributed by atoms with van der Waals surface area (Å²) in [5.41, 5.74) is 2.02. The van der Waals surface area contributed by atoms with Crippen LogP contribution in [-0.2, 0) is 14.8 Å². The molecule has 0 aliphatic carbocycles. The van der Waals surface area contributed by atoms with E-state index in [1.54, 1.807) is 0 Å². The summed E-state index contributed by atoms with van der Waals surface area (Å²) in [7, 11) is -1.81. The molecule has 1 rings (SSSR count). The van der Waals surface area contributed by atoms with Crippen molar-refractivity contribution < 1.29 is 13.2 Å². The van der Waals surface area contributed by atoms with Crippen LogP contribution in [0.3, 0.4) is 0 Å². The molecule has 0 aromatic carbocycles. The van der Waals surface area contributed by atoms with Gasteiger partial charge in [0.05, 0.1) is 5.75 Å². The summed E-state index contributed by atoms with van der Waals surface area (Å²) in [6.45, 7) is 9.58. The number of carbonyl (C=O) groups is 1. The van der Waals surface area contributed by atoms with Crippen LogP contribution in [0.25, 0.3) is 0 Å². The second-order valence-corrected chi connectivity index (χ2v) is 6.78. The molecule has 0 unspecified atom stereocenters. The Morgan fingerprint density at radius 3 is 2.29 bits per heavy atom. The highest BCUT2D eigenvalue weighted by atomic mass is 32.2. The first-order valence-corrected chi connectivity index (χ1v) is 7.14. The fourth-order valence-corrected chi connectivity index (χ4v) is 3.04. The number of Topliss-reactive ketones (excluding diaryl/α,β-unsaturated/α-hetero) is 1. The topological polar surface area (TPSA) is 54.5 Å². The molecule has 0 saturated heterocycles. The summed E-state index contributed by atoms with van der Waals surface area (Å²) in [5, 5.41) is 0. The number of likely N-dealkylation sites (N-methyl/N-ethyl adjacent to an activating group) is 1. The van der Waals surface area contributed by atoms with E-state index in [-0.39, 0.29) is 24.0 Å². The predicted octanol–water partition coefficient (Wildman–Crippen LogP) is 1.36. The average molecular weight is 257 g/mol. The van der Waals surface area contributed by atoms with Gasteiger partial charge in [-0.1, -0.05) is 20.4 Å². The van der Waals surface area contributed by atoms with Crippen molar-refractivity contribution in [3.8, 4) is 0 Å². The number of rotatable bonds is 3. The van der Waals surface area contributed by atoms with Crippen molar-refractivity contribution >= 4 is 15.8 Å². The monoisotopic (exact) mass is 257 g/mol. The molecule has 4 nitrogen and oxygen atoms in total. The minimum atomic E-state index is -3.33. The molecule has 17 heavy (non-hydrogen) atoms. The molecule has 0 aromatic heterocycles. The van der Waals surface area contributed by atoms with Gasteiger partial charge in [-0.05, 0) is 24.0 Å². The normalized spacial score (nSPS) is 20.8. The second kappa shape index (κ2) is 4.74. The number of hydrogen-bond donors (Lipinski definition) is 0. The van der Waals surface area contributed by atoms with Crippen LogP contribution >= 0.6 is 0 Å². The van der Waals surface area contributed by atoms with Gasteiger partial charge in [-0.25, -0.2) is 12.7 Å². The Kier molecular flexibility index (Phi) is 3.94. The van der Waals surface area contributed by atoms with E-state index < -0.39 is 10.0 Å². The first kappa shape index (κ1) is 14.1. The van der Waals surface area contributed by atoms with E-state index in [4.69, 9.17) is 0 Å². The van der Waals surface area contributed by atoms with Gasteiger partial charge in [0.2, 0.25) is 10.0 Å². The van der Waals surface area contributed by atoms with Crippen LogP contribution < -0.4 is 0 Å². The fourth-order valence-electron chi connectivity index (χ4n) is 1.75. The summed E-state index contributed by atoms with van der Waals surface area (Å²) in [5.74, 6) is -0.188. The van der Waals surface area contributed by atoms with Crippen molar-refractivity contribution in [1.29, 1.82) is 0 Å². The molecular weight excluding hydrogens is 238 g/mol. The molecule has 0 amide bonds. The van der Waals surface area contributed by atoms with Gasteiger partial charge in [-0.3, -0.25) is 4.79 Å². The lowest BCUT2D eigenvalue weighted by molar-refractivity contribution is -0.113. The van der Waals surface area contributed by atoms with Crippen LogP contribution in [0.1, 0.15) is 20.8 Å². The van der Waals surface area contributed by atoms with E-state index in [1.807, 2.05) is 13.8 Å². The molecule has 0 fully saturated rings. The molecule has 0 saturated carbocycles. The van der Waals surface area contributed by atoms with E-state index in [9.17, 15) is 13.2 Å². The van der Waals surface area contributed by atoms with Crippen LogP contribution in [-0.4, -0.2) is 37.9 Å². The zero-order valence-corrected chi connectivity index (χ0v) is 11.6. The summed E-state index contributed by atoms with van der Waals surface area (Å²) >= 11 is 0. The molecule has 1 aliphatic heterocycles. The third kappa shape index (κ3) is 2.84. The molecule has 0 spiro atoms. The Morgan fingerprint density at radius 2 is 1.88 bits per heavy atom. The lowest BCUT2D eigenvalue weighted by Crippen LogP contribution is -2.38. The summed E-state index contributed by atoms with van der Waals surface area (Å²) in [4.78, 5) is 11.5. The van der Waals surface area contributed by atoms with E-state index >= 15 is 0 Å². The van der Waals surface area contributed by atoms with E-state index in [0.717, 1.165) is 11.1 Å². The molecule has 0 atom stereocenters. The van der Waals surface area contributed by atoms with E-state index in [2.05, 4.69) is 6.58 Å². The third-order valence-corrected chi connectivity index (χ3v) is 4.79.